The predicted molar refractivity (Wildman–Crippen MR) is 433 cm³/mol. The Morgan fingerprint density at radius 3 is 1.14 bits per heavy atom. The van der Waals surface area contributed by atoms with E-state index in [4.69, 9.17) is 33.8 Å². The predicted octanol–water partition coefficient (Wildman–Crippen LogP) is -1.74. The number of unbranched alkanes of at least 4 members (excludes halogenated alkanes) is 9. The van der Waals surface area contributed by atoms with Gasteiger partial charge in [0.15, 0.2) is 11.9 Å². The standard InChI is InChI=1S/C77H127N19O23/c1-8-44(5)63(73(116)85-42-58(99)87-54(41-62(106)107)72(115)92-52(33-36-61(104)105)69(112)94-55(75(118)119)40-47-25-19-18-20-26-47)96-70(113)49(28-24-38-84-77(81)82)89-66(109)48(27-23-37-83-76(79)80)90-71(114)53(39-43(3)4)93-68(111)51(32-35-60(102)103)91-67(110)50(31-34-56(78)97)88-65(108)46(7)86-74(117)64(45(6)9-2)95-57(98)29-21-16-14-12-10-11-13-15-17-22-30-59(100)101/h18-20,25-26,43-46,48-55,63-64H,8-17,21-24,27-42H2,1-7H3,(H2,78,97)(H,85,116)(H,86,117)(H,87,99)(H,88,108)(H,89,109)(H,90,114)(H,91,110)(H,92,115)(H,93,111)(H,94,112)(H,95,98)(H,96,113)(H,100,101)(H,102,103)(H,104,105)(H,106,107)(H,118,119)(H4,79,80,83)(H4,81,82,84)/t44-,45-,46-,48-,49?,50-,51-,52-,53-,54-,55-,63-,64-/m0/s1. The molecule has 1 aromatic carbocycles. The third-order valence-electron chi connectivity index (χ3n) is 19.1. The summed E-state index contributed by atoms with van der Waals surface area (Å²) in [6.45, 7) is 10.1. The summed E-state index contributed by atoms with van der Waals surface area (Å²) in [5.74, 6) is -22.1. The van der Waals surface area contributed by atoms with Gasteiger partial charge in [0, 0.05) is 51.6 Å². The van der Waals surface area contributed by atoms with Gasteiger partial charge in [-0.25, -0.2) is 4.79 Å². The van der Waals surface area contributed by atoms with E-state index in [0.29, 0.717) is 24.8 Å². The van der Waals surface area contributed by atoms with Gasteiger partial charge in [-0.15, -0.1) is 0 Å². The molecular formula is C77H127N19O23. The van der Waals surface area contributed by atoms with E-state index in [1.54, 1.807) is 65.0 Å². The van der Waals surface area contributed by atoms with E-state index in [1.807, 2.05) is 0 Å². The number of carbonyl (C=O) groups is 18. The maximum absolute atomic E-state index is 14.7. The second-order valence-electron chi connectivity index (χ2n) is 29.8. The third kappa shape index (κ3) is 46.7. The normalized spacial score (nSPS) is 14.3. The molecule has 0 aliphatic carbocycles. The van der Waals surface area contributed by atoms with Crippen molar-refractivity contribution in [3.8, 4) is 0 Å². The number of hydrogen-bond acceptors (Lipinski definition) is 20. The molecule has 42 heteroatoms. The molecule has 13 amide bonds. The quantitative estimate of drug-likeness (QED) is 0.0196. The van der Waals surface area contributed by atoms with Crippen LogP contribution in [0, 0.1) is 17.8 Å². The number of aliphatic imine (C=N–C) groups is 2. The number of guanidine groups is 2. The van der Waals surface area contributed by atoms with Gasteiger partial charge in [0.25, 0.3) is 0 Å². The van der Waals surface area contributed by atoms with Gasteiger partial charge in [-0.1, -0.05) is 136 Å². The van der Waals surface area contributed by atoms with E-state index in [9.17, 15) is 107 Å². The average molecular weight is 1690 g/mol. The third-order valence-corrected chi connectivity index (χ3v) is 19.1. The number of carboxylic acid groups (broad SMARTS) is 5. The highest BCUT2D eigenvalue weighted by molar-refractivity contribution is 6.00. The number of nitrogens with one attached hydrogen (secondary N) is 12. The number of amides is 13. The molecule has 0 heterocycles. The summed E-state index contributed by atoms with van der Waals surface area (Å²) in [7, 11) is 0. The lowest BCUT2D eigenvalue weighted by atomic mass is 9.97. The number of nitrogens with zero attached hydrogens (tertiary/aromatic N) is 2. The van der Waals surface area contributed by atoms with Crippen LogP contribution >= 0.6 is 0 Å². The molecule has 0 spiro atoms. The Labute approximate surface area is 691 Å². The van der Waals surface area contributed by atoms with Crippen molar-refractivity contribution in [3.63, 3.8) is 0 Å². The molecule has 13 atom stereocenters. The second kappa shape index (κ2) is 58.1. The van der Waals surface area contributed by atoms with Gasteiger partial charge >= 0.3 is 29.8 Å². The van der Waals surface area contributed by atoms with Crippen molar-refractivity contribution in [2.24, 2.45) is 56.4 Å². The smallest absolute Gasteiger partial charge is 0.326 e. The van der Waals surface area contributed by atoms with E-state index in [-0.39, 0.29) is 88.7 Å². The summed E-state index contributed by atoms with van der Waals surface area (Å²) >= 11 is 0. The zero-order valence-corrected chi connectivity index (χ0v) is 69.0. The Morgan fingerprint density at radius 1 is 0.353 bits per heavy atom. The monoisotopic (exact) mass is 1690 g/mol. The number of rotatable bonds is 64. The van der Waals surface area contributed by atoms with Crippen molar-refractivity contribution >= 4 is 119 Å². The molecule has 0 aromatic heterocycles. The summed E-state index contributed by atoms with van der Waals surface area (Å²) < 4.78 is 0. The Bertz CT molecular complexity index is 3580. The maximum Gasteiger partial charge on any atom is 0.326 e. The molecule has 0 saturated heterocycles. The van der Waals surface area contributed by atoms with Crippen LogP contribution in [0.5, 0.6) is 0 Å². The van der Waals surface area contributed by atoms with Crippen LogP contribution in [0.15, 0.2) is 40.3 Å². The van der Waals surface area contributed by atoms with Gasteiger partial charge in [-0.2, -0.15) is 0 Å². The van der Waals surface area contributed by atoms with Gasteiger partial charge in [0.05, 0.1) is 13.0 Å². The fraction of sp³-hybridized carbons (Fsp3) is 0.662. The first-order valence-corrected chi connectivity index (χ1v) is 40.2. The number of primary amides is 1. The SMILES string of the molecule is CC[C@H](C)[C@H](NC(=O)CCCCCCCCCCCCC(=O)O)C(=O)N[C@@H](C)C(=O)N[C@@H](CCC(N)=O)C(=O)N[C@@H](CCC(=O)O)C(=O)N[C@@H](CC(C)C)C(=O)N[C@@H](CCCN=C(N)N)C(=O)NC(CCCN=C(N)N)C(=O)N[C@H](C(=O)NCC(=O)N[C@@H](CC(=O)O)C(=O)N[C@@H](CCC(=O)O)C(=O)N[C@@H](Cc1ccccc1)C(=O)O)[C@@H](C)CC. The lowest BCUT2D eigenvalue weighted by Crippen LogP contribution is -2.60. The van der Waals surface area contributed by atoms with Crippen LogP contribution in [0.25, 0.3) is 0 Å². The van der Waals surface area contributed by atoms with Crippen LogP contribution in [0.3, 0.4) is 0 Å². The Hall–Kier alpha value is -11.8. The van der Waals surface area contributed by atoms with Gasteiger partial charge in [-0.3, -0.25) is 91.5 Å². The molecule has 119 heavy (non-hydrogen) atoms. The minimum absolute atomic E-state index is 0.0175. The highest BCUT2D eigenvalue weighted by Gasteiger charge is 2.38. The first kappa shape index (κ1) is 105. The molecule has 27 N–H and O–H groups in total. The van der Waals surface area contributed by atoms with Crippen LogP contribution in [-0.4, -0.2) is 230 Å². The highest BCUT2D eigenvalue weighted by atomic mass is 16.4. The number of aliphatic carboxylic acids is 5. The summed E-state index contributed by atoms with van der Waals surface area (Å²) in [4.78, 5) is 247. The average Bonchev–Trinajstić information content (AvgIpc) is 0.859. The number of carbonyl (C=O) groups excluding carboxylic acids is 13. The molecule has 0 radical (unpaired) electrons. The zero-order valence-electron chi connectivity index (χ0n) is 69.0. The van der Waals surface area contributed by atoms with Crippen LogP contribution in [0.1, 0.15) is 221 Å². The molecule has 1 unspecified atom stereocenters. The van der Waals surface area contributed by atoms with E-state index in [2.05, 4.69) is 73.8 Å². The van der Waals surface area contributed by atoms with Crippen LogP contribution < -0.4 is 92.5 Å². The first-order chi connectivity index (χ1) is 56.1. The van der Waals surface area contributed by atoms with Crippen LogP contribution in [-0.2, 0) is 92.7 Å². The van der Waals surface area contributed by atoms with Crippen molar-refractivity contribution in [1.82, 2.24) is 63.8 Å². The molecular weight excluding hydrogens is 1560 g/mol. The first-order valence-electron chi connectivity index (χ1n) is 40.2. The molecule has 1 aromatic rings. The maximum atomic E-state index is 14.7. The van der Waals surface area contributed by atoms with Crippen molar-refractivity contribution < 1.29 is 112 Å². The minimum atomic E-state index is -1.99. The molecule has 0 fully saturated rings. The van der Waals surface area contributed by atoms with Crippen molar-refractivity contribution in [2.75, 3.05) is 19.6 Å². The lowest BCUT2D eigenvalue weighted by molar-refractivity contribution is -0.143. The summed E-state index contributed by atoms with van der Waals surface area (Å²) in [5.41, 5.74) is 28.2. The Kier molecular flexibility index (Phi) is 51.4. The Balaban J connectivity index is 3.57. The molecule has 0 saturated carbocycles. The second-order valence-corrected chi connectivity index (χ2v) is 29.8. The molecule has 1 rings (SSSR count). The molecule has 42 nitrogen and oxygen atoms in total. The van der Waals surface area contributed by atoms with Crippen molar-refractivity contribution in [2.45, 2.75) is 288 Å². The lowest BCUT2D eigenvalue weighted by Gasteiger charge is -2.29. The van der Waals surface area contributed by atoms with Gasteiger partial charge in [-0.05, 0) is 94.4 Å². The molecule has 668 valence electrons. The van der Waals surface area contributed by atoms with E-state index < -0.39 is 236 Å². The van der Waals surface area contributed by atoms with Gasteiger partial charge in [0.2, 0.25) is 76.8 Å². The summed E-state index contributed by atoms with van der Waals surface area (Å²) in [6, 6.07) is -9.50. The zero-order chi connectivity index (χ0) is 89.9. The van der Waals surface area contributed by atoms with E-state index in [1.165, 1.54) is 13.8 Å². The van der Waals surface area contributed by atoms with Crippen LogP contribution in [0.2, 0.25) is 0 Å². The number of hydrogen-bond donors (Lipinski definition) is 22. The van der Waals surface area contributed by atoms with E-state index in [0.717, 1.165) is 51.4 Å². The number of nitrogens with two attached hydrogens (primary N) is 5. The fourth-order valence-corrected chi connectivity index (χ4v) is 12.0. The number of benzene rings is 1. The van der Waals surface area contributed by atoms with Crippen molar-refractivity contribution in [3.05, 3.63) is 35.9 Å². The van der Waals surface area contributed by atoms with Crippen molar-refractivity contribution in [1.29, 1.82) is 0 Å². The van der Waals surface area contributed by atoms with Gasteiger partial charge in [0.1, 0.15) is 66.5 Å². The van der Waals surface area contributed by atoms with Crippen LogP contribution in [0.4, 0.5) is 0 Å². The molecule has 0 aliphatic rings. The largest absolute Gasteiger partial charge is 0.481 e. The highest BCUT2D eigenvalue weighted by Crippen LogP contribution is 2.17. The number of carboxylic acids is 5. The molecule has 0 aliphatic heterocycles. The summed E-state index contributed by atoms with van der Waals surface area (Å²) in [5, 5.41) is 77.0. The minimum Gasteiger partial charge on any atom is -0.481 e. The summed E-state index contributed by atoms with van der Waals surface area (Å²) in [6.07, 6.45) is 3.81. The molecule has 0 bridgehead atoms. The topological polar surface area (TPSA) is 708 Å². The van der Waals surface area contributed by atoms with E-state index >= 15 is 0 Å². The van der Waals surface area contributed by atoms with Gasteiger partial charge < -0.3 is 118 Å². The Morgan fingerprint density at radius 2 is 0.731 bits per heavy atom. The fourth-order valence-electron chi connectivity index (χ4n) is 12.0.